The number of guanidine groups is 1. The largest absolute Gasteiger partial charge is 0.395 e. The third kappa shape index (κ3) is 4.89. The number of ether oxygens (including phenoxy) is 1. The molecule has 11 nitrogen and oxygen atoms in total. The second kappa shape index (κ2) is 8.76. The lowest BCUT2D eigenvalue weighted by molar-refractivity contribution is -0.755. The van der Waals surface area contributed by atoms with Gasteiger partial charge >= 0.3 is 11.9 Å². The van der Waals surface area contributed by atoms with Gasteiger partial charge in [0.2, 0.25) is 12.0 Å². The number of nitrogen functional groups attached to an aromatic ring is 1. The number of nitrogens with two attached hydrogens (primary N) is 3. The van der Waals surface area contributed by atoms with Gasteiger partial charge in [-0.2, -0.15) is 0 Å². The first-order chi connectivity index (χ1) is 11.9. The minimum Gasteiger partial charge on any atom is -0.394 e. The first-order valence-electron chi connectivity index (χ1n) is 8.09. The molecule has 25 heavy (non-hydrogen) atoms. The molecule has 2 rings (SSSR count). The Balaban J connectivity index is 2.01. The summed E-state index contributed by atoms with van der Waals surface area (Å²) in [6.45, 7) is 0.856. The average Bonchev–Trinajstić information content (AvgIpc) is 2.86. The maximum atomic E-state index is 10.2. The van der Waals surface area contributed by atoms with Gasteiger partial charge in [-0.15, -0.1) is 0 Å². The summed E-state index contributed by atoms with van der Waals surface area (Å²) in [4.78, 5) is 7.04. The van der Waals surface area contributed by atoms with Crippen molar-refractivity contribution in [2.75, 3.05) is 30.7 Å². The number of unbranched alkanes of at least 4 members (excludes halogenated alkanes) is 1. The molecule has 2 heterocycles. The first kappa shape index (κ1) is 19.1. The molecular formula is C14H27N7O4+2. The fourth-order valence-electron chi connectivity index (χ4n) is 2.57. The van der Waals surface area contributed by atoms with Crippen LogP contribution in [0.15, 0.2) is 12.3 Å². The molecule has 1 aliphatic heterocycles. The van der Waals surface area contributed by atoms with Gasteiger partial charge in [0.1, 0.15) is 18.3 Å². The van der Waals surface area contributed by atoms with Crippen LogP contribution in [0.2, 0.25) is 0 Å². The highest BCUT2D eigenvalue weighted by atomic mass is 16.6. The zero-order chi connectivity index (χ0) is 18.4. The van der Waals surface area contributed by atoms with E-state index in [0.29, 0.717) is 24.9 Å². The van der Waals surface area contributed by atoms with Crippen molar-refractivity contribution in [1.29, 1.82) is 0 Å². The molecule has 0 radical (unpaired) electrons. The van der Waals surface area contributed by atoms with Gasteiger partial charge in [-0.25, -0.2) is 4.57 Å². The highest BCUT2D eigenvalue weighted by Crippen LogP contribution is 2.26. The monoisotopic (exact) mass is 357 g/mol. The minimum absolute atomic E-state index is 0.188. The highest BCUT2D eigenvalue weighted by molar-refractivity contribution is 5.69. The Bertz CT molecular complexity index is 597. The van der Waals surface area contributed by atoms with Gasteiger partial charge in [0.15, 0.2) is 0 Å². The summed E-state index contributed by atoms with van der Waals surface area (Å²) in [5.41, 5.74) is 16.4. The van der Waals surface area contributed by atoms with Crippen molar-refractivity contribution in [3.8, 4) is 0 Å². The van der Waals surface area contributed by atoms with Crippen molar-refractivity contribution in [3.63, 3.8) is 0 Å². The van der Waals surface area contributed by atoms with E-state index in [9.17, 15) is 15.3 Å². The van der Waals surface area contributed by atoms with Crippen molar-refractivity contribution in [1.82, 2.24) is 4.98 Å². The molecule has 4 atom stereocenters. The Kier molecular flexibility index (Phi) is 6.70. The molecule has 1 aromatic rings. The van der Waals surface area contributed by atoms with Gasteiger partial charge in [-0.1, -0.05) is 4.98 Å². The molecule has 0 unspecified atom stereocenters. The van der Waals surface area contributed by atoms with E-state index in [2.05, 4.69) is 15.3 Å². The summed E-state index contributed by atoms with van der Waals surface area (Å²) in [6.07, 6.45) is -0.861. The number of nitrogens with one attached hydrogen (secondary N) is 2. The van der Waals surface area contributed by atoms with Crippen LogP contribution in [0.3, 0.4) is 0 Å². The van der Waals surface area contributed by atoms with Crippen LogP contribution >= 0.6 is 0 Å². The summed E-state index contributed by atoms with van der Waals surface area (Å²) in [5.74, 6) is 0.887. The highest BCUT2D eigenvalue weighted by Gasteiger charge is 2.46. The van der Waals surface area contributed by atoms with E-state index >= 15 is 0 Å². The second-order valence-corrected chi connectivity index (χ2v) is 5.83. The number of aliphatic hydroxyl groups excluding tert-OH is 3. The summed E-state index contributed by atoms with van der Waals surface area (Å²) in [7, 11) is 0. The smallest absolute Gasteiger partial charge is 0.394 e. The van der Waals surface area contributed by atoms with E-state index in [-0.39, 0.29) is 5.96 Å². The Morgan fingerprint density at radius 3 is 2.72 bits per heavy atom. The zero-order valence-electron chi connectivity index (χ0n) is 13.9. The topological polar surface area (TPSA) is 191 Å². The van der Waals surface area contributed by atoms with Gasteiger partial charge in [0.05, 0.1) is 25.9 Å². The molecule has 140 valence electrons. The average molecular weight is 357 g/mol. The quantitative estimate of drug-likeness (QED) is 0.0975. The van der Waals surface area contributed by atoms with Gasteiger partial charge in [-0.05, 0) is 12.8 Å². The maximum Gasteiger partial charge on any atom is 0.395 e. The Labute approximate surface area is 145 Å². The minimum atomic E-state index is -1.19. The summed E-state index contributed by atoms with van der Waals surface area (Å²) >= 11 is 0. The molecule has 0 aromatic carbocycles. The van der Waals surface area contributed by atoms with Crippen LogP contribution < -0.4 is 32.1 Å². The summed E-state index contributed by atoms with van der Waals surface area (Å²) in [6, 6.07) is 1.56. The zero-order valence-corrected chi connectivity index (χ0v) is 13.9. The van der Waals surface area contributed by atoms with E-state index in [0.717, 1.165) is 12.8 Å². The number of aliphatic hydroxyl groups is 3. The predicted octanol–water partition coefficient (Wildman–Crippen LogP) is -4.89. The molecular weight excluding hydrogens is 330 g/mol. The lowest BCUT2D eigenvalue weighted by Crippen LogP contribution is -2.78. The molecule has 1 aliphatic rings. The van der Waals surface area contributed by atoms with Crippen LogP contribution in [0.25, 0.3) is 0 Å². The van der Waals surface area contributed by atoms with Crippen molar-refractivity contribution >= 4 is 17.7 Å². The number of hydrogen-bond donors (Lipinski definition) is 8. The third-order valence-electron chi connectivity index (χ3n) is 3.89. The van der Waals surface area contributed by atoms with E-state index in [1.807, 2.05) is 0 Å². The van der Waals surface area contributed by atoms with Crippen molar-refractivity contribution in [3.05, 3.63) is 12.3 Å². The molecule has 11 N–H and O–H groups in total. The van der Waals surface area contributed by atoms with Crippen LogP contribution in [-0.4, -0.2) is 64.3 Å². The van der Waals surface area contributed by atoms with Gasteiger partial charge in [0, 0.05) is 6.07 Å². The SMILES string of the molecule is NC(N)=[NH+]CCCCNc1nc(N)cc[n+]1[C@@H]1O[C@H](CO)[C@@H](O)[C@H]1O. The van der Waals surface area contributed by atoms with Crippen LogP contribution in [0.4, 0.5) is 11.8 Å². The van der Waals surface area contributed by atoms with E-state index < -0.39 is 31.1 Å². The molecule has 1 fully saturated rings. The van der Waals surface area contributed by atoms with Crippen LogP contribution in [0.5, 0.6) is 0 Å². The fourth-order valence-corrected chi connectivity index (χ4v) is 2.57. The van der Waals surface area contributed by atoms with E-state index in [4.69, 9.17) is 21.9 Å². The van der Waals surface area contributed by atoms with Crippen molar-refractivity contribution in [2.45, 2.75) is 37.4 Å². The van der Waals surface area contributed by atoms with Crippen LogP contribution in [0, 0.1) is 0 Å². The Morgan fingerprint density at radius 2 is 2.08 bits per heavy atom. The summed E-state index contributed by atoms with van der Waals surface area (Å²) in [5, 5.41) is 32.4. The predicted molar refractivity (Wildman–Crippen MR) is 88.8 cm³/mol. The Morgan fingerprint density at radius 1 is 1.32 bits per heavy atom. The number of rotatable bonds is 8. The number of anilines is 2. The van der Waals surface area contributed by atoms with Crippen LogP contribution in [0.1, 0.15) is 19.1 Å². The molecule has 0 aliphatic carbocycles. The molecule has 11 heteroatoms. The maximum absolute atomic E-state index is 10.2. The van der Waals surface area contributed by atoms with Crippen molar-refractivity contribution in [2.24, 2.45) is 11.5 Å². The van der Waals surface area contributed by atoms with E-state index in [1.54, 1.807) is 16.8 Å². The van der Waals surface area contributed by atoms with Crippen molar-refractivity contribution < 1.29 is 29.6 Å². The van der Waals surface area contributed by atoms with Gasteiger partial charge < -0.3 is 25.8 Å². The molecule has 0 spiro atoms. The first-order valence-corrected chi connectivity index (χ1v) is 8.09. The van der Waals surface area contributed by atoms with Crippen LogP contribution in [-0.2, 0) is 4.74 Å². The standard InChI is InChI=1S/C14H25N7O4/c15-9-3-6-21(12-11(24)10(23)8(7-22)25-12)14(20-9)19-5-2-1-4-18-13(16)17/h3,6,8,10-12,22-24H,1-2,4-5,7H2,(H6,15,16,17,18,19,20)/p+2/t8-,10-,11-,12-/m1/s1. The normalized spacial score (nSPS) is 25.7. The third-order valence-corrected chi connectivity index (χ3v) is 3.89. The molecule has 0 bridgehead atoms. The number of aromatic nitrogens is 2. The van der Waals surface area contributed by atoms with E-state index in [1.165, 1.54) is 0 Å². The van der Waals surface area contributed by atoms with Gasteiger partial charge in [0.25, 0.3) is 0 Å². The fraction of sp³-hybridized carbons (Fsp3) is 0.643. The second-order valence-electron chi connectivity index (χ2n) is 5.83. The number of hydrogen-bond acceptors (Lipinski definition) is 7. The molecule has 1 aromatic heterocycles. The molecule has 1 saturated heterocycles. The molecule has 0 saturated carbocycles. The number of nitrogens with zero attached hydrogens (tertiary/aromatic N) is 2. The lowest BCUT2D eigenvalue weighted by atomic mass is 10.1. The van der Waals surface area contributed by atoms with Gasteiger partial charge in [-0.3, -0.25) is 21.8 Å². The Hall–Kier alpha value is -2.21. The summed E-state index contributed by atoms with van der Waals surface area (Å²) < 4.78 is 7.07. The molecule has 0 amide bonds. The lowest BCUT2D eigenvalue weighted by Gasteiger charge is -2.16.